The van der Waals surface area contributed by atoms with Gasteiger partial charge in [0.1, 0.15) is 12.0 Å². The number of hydrogen-bond donors (Lipinski definition) is 1. The van der Waals surface area contributed by atoms with Crippen molar-refractivity contribution in [2.24, 2.45) is 28.6 Å². The Balaban J connectivity index is 1.44. The summed E-state index contributed by atoms with van der Waals surface area (Å²) >= 11 is 6.96. The van der Waals surface area contributed by atoms with Gasteiger partial charge in [-0.1, -0.05) is 36.4 Å². The minimum atomic E-state index is -2.24. The molecule has 4 aliphatic carbocycles. The van der Waals surface area contributed by atoms with Crippen LogP contribution in [0.2, 0.25) is 5.02 Å². The van der Waals surface area contributed by atoms with Gasteiger partial charge in [-0.2, -0.15) is 0 Å². The van der Waals surface area contributed by atoms with Crippen molar-refractivity contribution in [2.75, 3.05) is 17.4 Å². The molecule has 0 aromatic heterocycles. The van der Waals surface area contributed by atoms with Crippen LogP contribution in [0.15, 0.2) is 48.1 Å². The van der Waals surface area contributed by atoms with Gasteiger partial charge < -0.3 is 5.11 Å². The zero-order chi connectivity index (χ0) is 28.8. The number of ketones is 2. The largest absolute Gasteiger partial charge is 0.390 e. The van der Waals surface area contributed by atoms with Crippen molar-refractivity contribution in [1.29, 1.82) is 0 Å². The highest BCUT2D eigenvalue weighted by molar-refractivity contribution is 8.14. The van der Waals surface area contributed by atoms with Gasteiger partial charge in [0.25, 0.3) is 0 Å². The van der Waals surface area contributed by atoms with Gasteiger partial charge in [-0.25, -0.2) is 8.78 Å². The van der Waals surface area contributed by atoms with Gasteiger partial charge in [0.2, 0.25) is 5.12 Å². The van der Waals surface area contributed by atoms with Crippen LogP contribution in [0.3, 0.4) is 0 Å². The van der Waals surface area contributed by atoms with Crippen LogP contribution in [-0.2, 0) is 19.2 Å². The summed E-state index contributed by atoms with van der Waals surface area (Å²) in [7, 11) is 0. The molecule has 1 aliphatic heterocycles. The summed E-state index contributed by atoms with van der Waals surface area (Å²) in [4.78, 5) is 44.7. The van der Waals surface area contributed by atoms with E-state index < -0.39 is 52.0 Å². The zero-order valence-corrected chi connectivity index (χ0v) is 24.1. The van der Waals surface area contributed by atoms with E-state index in [1.807, 2.05) is 6.92 Å². The lowest BCUT2D eigenvalue weighted by molar-refractivity contribution is -0.225. The Hall–Kier alpha value is -2.07. The monoisotopic (exact) mass is 591 g/mol. The van der Waals surface area contributed by atoms with Crippen molar-refractivity contribution in [2.45, 2.75) is 63.6 Å². The summed E-state index contributed by atoms with van der Waals surface area (Å²) in [6.07, 6.45) is 0.815. The number of anilines is 1. The number of allylic oxidation sites excluding steroid dienone is 4. The molecule has 0 amide bonds. The molecule has 1 N–H and O–H groups in total. The average Bonchev–Trinajstić information content (AvgIpc) is 3.39. The summed E-state index contributed by atoms with van der Waals surface area (Å²) < 4.78 is 33.4. The van der Waals surface area contributed by atoms with Crippen LogP contribution in [0.5, 0.6) is 0 Å². The molecule has 0 bridgehead atoms. The van der Waals surface area contributed by atoms with Crippen LogP contribution in [0.25, 0.3) is 0 Å². The van der Waals surface area contributed by atoms with Crippen molar-refractivity contribution in [1.82, 2.24) is 0 Å². The number of nitrogens with zero attached hydrogens (tertiary/aromatic N) is 1. The third kappa shape index (κ3) is 3.56. The Morgan fingerprint density at radius 1 is 1.20 bits per heavy atom. The normalized spacial score (nSPS) is 43.5. The smallest absolute Gasteiger partial charge is 0.224 e. The Kier molecular flexibility index (Phi) is 6.47. The Labute approximate surface area is 241 Å². The summed E-state index contributed by atoms with van der Waals surface area (Å²) in [5, 5.41) is 13.5. The van der Waals surface area contributed by atoms with Crippen molar-refractivity contribution in [3.8, 4) is 0 Å². The summed E-state index contributed by atoms with van der Waals surface area (Å²) in [5.74, 6) is -2.38. The molecule has 1 saturated heterocycles. The van der Waals surface area contributed by atoms with Crippen LogP contribution in [0.1, 0.15) is 40.0 Å². The fraction of sp³-hybridized carbons (Fsp3) is 0.567. The summed E-state index contributed by atoms with van der Waals surface area (Å²) in [6, 6.07) is 7.01. The lowest BCUT2D eigenvalue weighted by Gasteiger charge is -2.63. The standard InChI is InChI=1S/C30H32ClF2NO5S/c1-16(35)15-40-26(38)30-17(14-34(39-30)19-6-4-18(31)5-7-19)10-21-22-12-24(32)23-11-20(36)8-9-27(23,2)29(22,33)25(37)13-28(21,30)3/h4-9,11,17,21-22,24-25,37H,10,12-15H2,1-3H3/t17-,21-,22-,24-,25-,27-,28-,29-,30-/m0/s1. The number of Topliss-reactive ketones (excluding diaryl/α,β-unsaturated/α-hetero) is 1. The predicted octanol–water partition coefficient (Wildman–Crippen LogP) is 5.22. The van der Waals surface area contributed by atoms with Gasteiger partial charge in [-0.3, -0.25) is 24.3 Å². The average molecular weight is 592 g/mol. The number of alkyl halides is 2. The van der Waals surface area contributed by atoms with Crippen LogP contribution < -0.4 is 5.06 Å². The van der Waals surface area contributed by atoms with Crippen LogP contribution in [-0.4, -0.2) is 57.6 Å². The number of hydroxylamine groups is 1. The van der Waals surface area contributed by atoms with E-state index in [2.05, 4.69) is 0 Å². The molecular weight excluding hydrogens is 560 g/mol. The third-order valence-electron chi connectivity index (χ3n) is 10.4. The van der Waals surface area contributed by atoms with E-state index in [4.69, 9.17) is 16.4 Å². The number of carbonyl (C=O) groups is 3. The van der Waals surface area contributed by atoms with Gasteiger partial charge in [0.05, 0.1) is 24.1 Å². The van der Waals surface area contributed by atoms with E-state index in [9.17, 15) is 19.5 Å². The highest BCUT2D eigenvalue weighted by Gasteiger charge is 2.79. The molecular formula is C30H32ClF2NO5S. The van der Waals surface area contributed by atoms with Gasteiger partial charge >= 0.3 is 0 Å². The number of hydrogen-bond acceptors (Lipinski definition) is 7. The molecule has 0 unspecified atom stereocenters. The molecule has 214 valence electrons. The SMILES string of the molecule is CC(=O)CSC(=O)[C@@]12ON(c3ccc(Cl)cc3)C[C@@H]1C[C@H]1[C@@H]3C[C@H](F)C4=CC(=O)C=C[C@]4(C)[C@@]3(F)[C@@H](O)C[C@@]12C. The van der Waals surface area contributed by atoms with E-state index in [0.29, 0.717) is 23.7 Å². The highest BCUT2D eigenvalue weighted by atomic mass is 35.5. The minimum absolute atomic E-state index is 0.0327. The lowest BCUT2D eigenvalue weighted by Crippen LogP contribution is -2.70. The van der Waals surface area contributed by atoms with E-state index in [-0.39, 0.29) is 41.0 Å². The highest BCUT2D eigenvalue weighted by Crippen LogP contribution is 2.73. The second-order valence-corrected chi connectivity index (χ2v) is 13.8. The molecule has 4 fully saturated rings. The molecule has 6 rings (SSSR count). The second-order valence-electron chi connectivity index (χ2n) is 12.4. The molecule has 1 heterocycles. The second kappa shape index (κ2) is 9.21. The summed E-state index contributed by atoms with van der Waals surface area (Å²) in [5.41, 5.74) is -5.49. The number of carbonyl (C=O) groups excluding carboxylic acids is 3. The van der Waals surface area contributed by atoms with E-state index in [0.717, 1.165) is 11.8 Å². The fourth-order valence-corrected chi connectivity index (χ4v) is 9.74. The topological polar surface area (TPSA) is 83.9 Å². The molecule has 0 spiro atoms. The first-order chi connectivity index (χ1) is 18.8. The number of aliphatic hydroxyl groups excluding tert-OH is 1. The number of benzene rings is 1. The first-order valence-corrected chi connectivity index (χ1v) is 15.0. The molecule has 1 aromatic carbocycles. The van der Waals surface area contributed by atoms with Crippen molar-refractivity contribution >= 4 is 45.7 Å². The van der Waals surface area contributed by atoms with Gasteiger partial charge in [-0.05, 0) is 81.0 Å². The number of aliphatic hydroxyl groups is 1. The Morgan fingerprint density at radius 2 is 1.90 bits per heavy atom. The molecule has 9 atom stereocenters. The molecule has 6 nitrogen and oxygen atoms in total. The van der Waals surface area contributed by atoms with Gasteiger partial charge in [-0.15, -0.1) is 0 Å². The number of rotatable bonds is 4. The maximum atomic E-state index is 17.6. The number of halogens is 3. The van der Waals surface area contributed by atoms with Crippen molar-refractivity contribution in [3.05, 3.63) is 53.1 Å². The van der Waals surface area contributed by atoms with E-state index in [1.54, 1.807) is 36.3 Å². The van der Waals surface area contributed by atoms with Crippen molar-refractivity contribution in [3.63, 3.8) is 0 Å². The molecule has 0 radical (unpaired) electrons. The minimum Gasteiger partial charge on any atom is -0.390 e. The zero-order valence-electron chi connectivity index (χ0n) is 22.5. The van der Waals surface area contributed by atoms with Gasteiger partial charge in [0.15, 0.2) is 17.1 Å². The van der Waals surface area contributed by atoms with E-state index >= 15 is 8.78 Å². The third-order valence-corrected chi connectivity index (χ3v) is 11.8. The van der Waals surface area contributed by atoms with E-state index in [1.165, 1.54) is 25.2 Å². The maximum Gasteiger partial charge on any atom is 0.224 e. The molecule has 5 aliphatic rings. The number of fused-ring (bicyclic) bond motifs is 7. The van der Waals surface area contributed by atoms with Crippen molar-refractivity contribution < 1.29 is 33.1 Å². The predicted molar refractivity (Wildman–Crippen MR) is 148 cm³/mol. The molecule has 1 aromatic rings. The van der Waals surface area contributed by atoms with Gasteiger partial charge in [0, 0.05) is 27.7 Å². The quantitative estimate of drug-likeness (QED) is 0.514. The first kappa shape index (κ1) is 28.1. The maximum absolute atomic E-state index is 17.6. The Bertz CT molecular complexity index is 1350. The van der Waals surface area contributed by atoms with Crippen LogP contribution in [0, 0.1) is 28.6 Å². The molecule has 3 saturated carbocycles. The first-order valence-electron chi connectivity index (χ1n) is 13.6. The molecule has 10 heteroatoms. The van der Waals surface area contributed by atoms with Crippen LogP contribution >= 0.6 is 23.4 Å². The molecule has 40 heavy (non-hydrogen) atoms. The Morgan fingerprint density at radius 3 is 2.58 bits per heavy atom. The van der Waals surface area contributed by atoms with Crippen LogP contribution in [0.4, 0.5) is 14.5 Å². The number of thioether (sulfide) groups is 1. The fourth-order valence-electron chi connectivity index (χ4n) is 8.62. The lowest BCUT2D eigenvalue weighted by atomic mass is 9.44. The summed E-state index contributed by atoms with van der Waals surface area (Å²) in [6.45, 7) is 5.14.